The van der Waals surface area contributed by atoms with Gasteiger partial charge in [0, 0.05) is 0 Å². The summed E-state index contributed by atoms with van der Waals surface area (Å²) in [7, 11) is 2.95. The van der Waals surface area contributed by atoms with Gasteiger partial charge in [0.25, 0.3) is 5.91 Å². The van der Waals surface area contributed by atoms with Crippen LogP contribution in [0.2, 0.25) is 10.0 Å². The zero-order chi connectivity index (χ0) is 28.1. The van der Waals surface area contributed by atoms with Crippen LogP contribution in [0.1, 0.15) is 11.1 Å². The summed E-state index contributed by atoms with van der Waals surface area (Å²) in [6, 6.07) is 14.6. The maximum Gasteiger partial charge on any atom is 0.329 e. The summed E-state index contributed by atoms with van der Waals surface area (Å²) in [6.07, 6.45) is 1.48. The Morgan fingerprint density at radius 1 is 1.03 bits per heavy atom. The second kappa shape index (κ2) is 12.4. The Labute approximate surface area is 242 Å². The summed E-state index contributed by atoms with van der Waals surface area (Å²) >= 11 is 15.5. The highest BCUT2D eigenvalue weighted by molar-refractivity contribution is 9.10. The third-order valence-corrected chi connectivity index (χ3v) is 6.90. The molecule has 1 heterocycles. The number of carbonyl (C=O) groups excluding carboxylic acids is 3. The first-order valence-electron chi connectivity index (χ1n) is 11.4. The van der Waals surface area contributed by atoms with Gasteiger partial charge in [0.15, 0.2) is 11.5 Å². The summed E-state index contributed by atoms with van der Waals surface area (Å²) in [4.78, 5) is 38.8. The summed E-state index contributed by atoms with van der Waals surface area (Å²) in [5, 5.41) is 6.01. The van der Waals surface area contributed by atoms with Crippen molar-refractivity contribution < 1.29 is 28.6 Å². The third-order valence-electron chi connectivity index (χ3n) is 5.58. The molecule has 4 rings (SSSR count). The number of halogens is 3. The van der Waals surface area contributed by atoms with E-state index in [-0.39, 0.29) is 12.3 Å². The molecule has 0 bridgehead atoms. The molecular formula is C27H22BrCl2N3O6. The Kier molecular flexibility index (Phi) is 9.01. The zero-order valence-corrected chi connectivity index (χ0v) is 23.8. The molecule has 0 unspecified atom stereocenters. The Morgan fingerprint density at radius 2 is 1.77 bits per heavy atom. The Bertz CT molecular complexity index is 1480. The van der Waals surface area contributed by atoms with E-state index in [1.807, 2.05) is 0 Å². The van der Waals surface area contributed by atoms with Crippen LogP contribution >= 0.6 is 39.1 Å². The number of hydrogen-bond donors (Lipinski definition) is 2. The van der Waals surface area contributed by atoms with Gasteiger partial charge in [-0.3, -0.25) is 9.59 Å². The van der Waals surface area contributed by atoms with Gasteiger partial charge in [0.05, 0.1) is 34.4 Å². The van der Waals surface area contributed by atoms with Gasteiger partial charge < -0.3 is 24.8 Å². The van der Waals surface area contributed by atoms with Gasteiger partial charge in [0.2, 0.25) is 5.91 Å². The number of nitrogens with one attached hydrogen (secondary N) is 2. The number of nitrogens with zero attached hydrogens (tertiary/aromatic N) is 1. The fourth-order valence-electron chi connectivity index (χ4n) is 3.71. The molecule has 1 fully saturated rings. The van der Waals surface area contributed by atoms with Crippen LogP contribution in [-0.2, 0) is 16.2 Å². The summed E-state index contributed by atoms with van der Waals surface area (Å²) in [5.41, 5.74) is 1.78. The molecule has 2 N–H and O–H groups in total. The Morgan fingerprint density at radius 3 is 2.49 bits per heavy atom. The summed E-state index contributed by atoms with van der Waals surface area (Å²) < 4.78 is 17.2. The van der Waals surface area contributed by atoms with E-state index >= 15 is 0 Å². The van der Waals surface area contributed by atoms with Crippen LogP contribution < -0.4 is 24.8 Å². The van der Waals surface area contributed by atoms with Crippen molar-refractivity contribution in [1.29, 1.82) is 0 Å². The number of hydrogen-bond acceptors (Lipinski definition) is 6. The van der Waals surface area contributed by atoms with Crippen molar-refractivity contribution in [3.05, 3.63) is 85.9 Å². The first kappa shape index (κ1) is 28.3. The minimum Gasteiger partial charge on any atom is -0.495 e. The number of anilines is 1. The largest absolute Gasteiger partial charge is 0.495 e. The maximum atomic E-state index is 12.9. The Hall–Kier alpha value is -3.73. The highest BCUT2D eigenvalue weighted by Crippen LogP contribution is 2.38. The number of amides is 4. The van der Waals surface area contributed by atoms with Gasteiger partial charge >= 0.3 is 6.03 Å². The van der Waals surface area contributed by atoms with Crippen LogP contribution in [0.4, 0.5) is 10.5 Å². The lowest BCUT2D eigenvalue weighted by Gasteiger charge is -2.14. The normalized spacial score (nSPS) is 13.9. The molecular weight excluding hydrogens is 613 g/mol. The third kappa shape index (κ3) is 6.65. The molecule has 202 valence electrons. The smallest absolute Gasteiger partial charge is 0.329 e. The predicted molar refractivity (Wildman–Crippen MR) is 151 cm³/mol. The number of benzene rings is 3. The molecule has 4 amide bonds. The molecule has 0 saturated carbocycles. The van der Waals surface area contributed by atoms with E-state index in [1.54, 1.807) is 54.6 Å². The molecule has 0 radical (unpaired) electrons. The monoisotopic (exact) mass is 633 g/mol. The van der Waals surface area contributed by atoms with Gasteiger partial charge in [-0.2, -0.15) is 0 Å². The lowest BCUT2D eigenvalue weighted by molar-refractivity contribution is -0.127. The second-order valence-corrected chi connectivity index (χ2v) is 9.87. The number of methoxy groups -OCH3 is 2. The van der Waals surface area contributed by atoms with Crippen LogP contribution in [0.5, 0.6) is 17.2 Å². The number of carbonyl (C=O) groups is 3. The maximum absolute atomic E-state index is 12.9. The average molecular weight is 635 g/mol. The number of rotatable bonds is 9. The summed E-state index contributed by atoms with van der Waals surface area (Å²) in [6.45, 7) is -0.277. The quantitative estimate of drug-likeness (QED) is 0.225. The van der Waals surface area contributed by atoms with E-state index in [9.17, 15) is 14.4 Å². The van der Waals surface area contributed by atoms with Crippen molar-refractivity contribution in [1.82, 2.24) is 10.2 Å². The molecule has 0 spiro atoms. The number of para-hydroxylation sites is 2. The van der Waals surface area contributed by atoms with E-state index in [0.717, 1.165) is 10.5 Å². The average Bonchev–Trinajstić information content (AvgIpc) is 3.17. The number of ether oxygens (including phenoxy) is 3. The number of urea groups is 1. The SMILES string of the molecule is COc1ccccc1NC(=O)CN1C(=O)N/C(=C/c2cc(Br)c(OCc3ccc(Cl)c(Cl)c3)c(OC)c2)C1=O. The van der Waals surface area contributed by atoms with Gasteiger partial charge in [-0.05, 0) is 69.5 Å². The first-order chi connectivity index (χ1) is 18.7. The van der Waals surface area contributed by atoms with Crippen molar-refractivity contribution in [3.63, 3.8) is 0 Å². The van der Waals surface area contributed by atoms with Gasteiger partial charge in [-0.25, -0.2) is 9.69 Å². The molecule has 3 aromatic rings. The summed E-state index contributed by atoms with van der Waals surface area (Å²) in [5.74, 6) is 0.0677. The molecule has 0 atom stereocenters. The van der Waals surface area contributed by atoms with Crippen molar-refractivity contribution in [3.8, 4) is 17.2 Å². The minimum atomic E-state index is -0.714. The van der Waals surface area contributed by atoms with Gasteiger partial charge in [-0.1, -0.05) is 41.4 Å². The zero-order valence-electron chi connectivity index (χ0n) is 20.7. The highest BCUT2D eigenvalue weighted by atomic mass is 79.9. The second-order valence-electron chi connectivity index (χ2n) is 8.20. The van der Waals surface area contributed by atoms with Crippen LogP contribution in [0.3, 0.4) is 0 Å². The lowest BCUT2D eigenvalue weighted by atomic mass is 10.1. The van der Waals surface area contributed by atoms with Crippen molar-refractivity contribution in [2.24, 2.45) is 0 Å². The van der Waals surface area contributed by atoms with E-state index in [1.165, 1.54) is 20.3 Å². The Balaban J connectivity index is 1.47. The fraction of sp³-hybridized carbons (Fsp3) is 0.148. The van der Waals surface area contributed by atoms with Crippen molar-refractivity contribution in [2.75, 3.05) is 26.1 Å². The van der Waals surface area contributed by atoms with Gasteiger partial charge in [-0.15, -0.1) is 0 Å². The molecule has 0 aliphatic carbocycles. The molecule has 0 aromatic heterocycles. The van der Waals surface area contributed by atoms with Crippen LogP contribution in [0.25, 0.3) is 6.08 Å². The number of imide groups is 1. The predicted octanol–water partition coefficient (Wildman–Crippen LogP) is 5.88. The highest BCUT2D eigenvalue weighted by Gasteiger charge is 2.35. The molecule has 1 aliphatic heterocycles. The van der Waals surface area contributed by atoms with Crippen LogP contribution in [0, 0.1) is 0 Å². The molecule has 1 saturated heterocycles. The molecule has 9 nitrogen and oxygen atoms in total. The van der Waals surface area contributed by atoms with E-state index < -0.39 is 24.4 Å². The fourth-order valence-corrected chi connectivity index (χ4v) is 4.61. The molecule has 1 aliphatic rings. The van der Waals surface area contributed by atoms with Crippen molar-refractivity contribution in [2.45, 2.75) is 6.61 Å². The van der Waals surface area contributed by atoms with Crippen LogP contribution in [0.15, 0.2) is 64.8 Å². The van der Waals surface area contributed by atoms with Crippen molar-refractivity contribution >= 4 is 68.7 Å². The topological polar surface area (TPSA) is 106 Å². The van der Waals surface area contributed by atoms with E-state index in [0.29, 0.717) is 43.0 Å². The van der Waals surface area contributed by atoms with Crippen LogP contribution in [-0.4, -0.2) is 43.5 Å². The standard InChI is InChI=1S/C27H22BrCl2N3O6/c1-37-22-6-4-3-5-20(22)31-24(34)13-33-26(35)21(32-27(33)36)11-16-9-17(28)25(23(12-16)38-2)39-14-15-7-8-18(29)19(30)10-15/h3-12H,13-14H2,1-2H3,(H,31,34)(H,32,36)/b21-11+. The molecule has 3 aromatic carbocycles. The molecule has 39 heavy (non-hydrogen) atoms. The van der Waals surface area contributed by atoms with E-state index in [4.69, 9.17) is 37.4 Å². The minimum absolute atomic E-state index is 0.00326. The lowest BCUT2D eigenvalue weighted by Crippen LogP contribution is -2.38. The molecule has 12 heteroatoms. The van der Waals surface area contributed by atoms with E-state index in [2.05, 4.69) is 26.6 Å². The first-order valence-corrected chi connectivity index (χ1v) is 13.0. The van der Waals surface area contributed by atoms with Gasteiger partial charge in [0.1, 0.15) is 24.6 Å².